The highest BCUT2D eigenvalue weighted by Gasteiger charge is 2.06. The van der Waals surface area contributed by atoms with Crippen LogP contribution in [0.25, 0.3) is 22.1 Å². The van der Waals surface area contributed by atoms with Gasteiger partial charge in [0.05, 0.1) is 6.26 Å². The zero-order chi connectivity index (χ0) is 11.0. The summed E-state index contributed by atoms with van der Waals surface area (Å²) in [5, 5.41) is 10.3. The molecule has 0 radical (unpaired) electrons. The smallest absolute Gasteiger partial charge is 0.134 e. The van der Waals surface area contributed by atoms with Crippen LogP contribution in [0.4, 0.5) is 0 Å². The molecule has 1 N–H and O–H groups in total. The number of rotatable bonds is 1. The SMILES string of the molecule is Oc1ccc(-c2coc3ccccc23)cc1. The molecule has 0 bridgehead atoms. The molecule has 0 aliphatic rings. The van der Waals surface area contributed by atoms with Gasteiger partial charge in [-0.25, -0.2) is 0 Å². The lowest BCUT2D eigenvalue weighted by Crippen LogP contribution is -1.74. The van der Waals surface area contributed by atoms with Gasteiger partial charge >= 0.3 is 0 Å². The Morgan fingerprint density at radius 1 is 0.875 bits per heavy atom. The van der Waals surface area contributed by atoms with Crippen molar-refractivity contribution < 1.29 is 9.52 Å². The predicted molar refractivity (Wildman–Crippen MR) is 63.3 cm³/mol. The fourth-order valence-corrected chi connectivity index (χ4v) is 1.84. The van der Waals surface area contributed by atoms with Crippen LogP contribution < -0.4 is 0 Å². The summed E-state index contributed by atoms with van der Waals surface area (Å²) in [6.45, 7) is 0. The molecule has 2 heteroatoms. The number of phenolic OH excluding ortho intramolecular Hbond substituents is 1. The third-order valence-electron chi connectivity index (χ3n) is 2.66. The molecule has 0 saturated carbocycles. The lowest BCUT2D eigenvalue weighted by atomic mass is 10.1. The zero-order valence-electron chi connectivity index (χ0n) is 8.55. The molecule has 0 unspecified atom stereocenters. The maximum atomic E-state index is 9.24. The van der Waals surface area contributed by atoms with Gasteiger partial charge in [-0.3, -0.25) is 0 Å². The average Bonchev–Trinajstić information content (AvgIpc) is 2.74. The van der Waals surface area contributed by atoms with Crippen LogP contribution in [0.15, 0.2) is 59.2 Å². The van der Waals surface area contributed by atoms with Gasteiger partial charge in [-0.15, -0.1) is 0 Å². The molecular weight excluding hydrogens is 200 g/mol. The molecule has 0 atom stereocenters. The molecule has 1 heterocycles. The van der Waals surface area contributed by atoms with E-state index in [0.29, 0.717) is 0 Å². The number of furan rings is 1. The van der Waals surface area contributed by atoms with E-state index in [1.165, 1.54) is 0 Å². The van der Waals surface area contributed by atoms with E-state index in [0.717, 1.165) is 22.1 Å². The Labute approximate surface area is 92.8 Å². The van der Waals surface area contributed by atoms with Crippen molar-refractivity contribution in [1.29, 1.82) is 0 Å². The van der Waals surface area contributed by atoms with Gasteiger partial charge < -0.3 is 9.52 Å². The molecule has 3 aromatic rings. The number of aromatic hydroxyl groups is 1. The quantitative estimate of drug-likeness (QED) is 0.662. The first-order valence-corrected chi connectivity index (χ1v) is 5.10. The predicted octanol–water partition coefficient (Wildman–Crippen LogP) is 3.81. The van der Waals surface area contributed by atoms with Crippen LogP contribution in [0.5, 0.6) is 5.75 Å². The van der Waals surface area contributed by atoms with E-state index in [1.54, 1.807) is 18.4 Å². The zero-order valence-corrected chi connectivity index (χ0v) is 8.55. The molecular formula is C14H10O2. The first-order chi connectivity index (χ1) is 7.84. The van der Waals surface area contributed by atoms with Gasteiger partial charge in [0.15, 0.2) is 0 Å². The van der Waals surface area contributed by atoms with Crippen molar-refractivity contribution in [1.82, 2.24) is 0 Å². The van der Waals surface area contributed by atoms with Crippen molar-refractivity contribution in [2.45, 2.75) is 0 Å². The van der Waals surface area contributed by atoms with Gasteiger partial charge in [-0.2, -0.15) is 0 Å². The van der Waals surface area contributed by atoms with Gasteiger partial charge in [0, 0.05) is 10.9 Å². The number of para-hydroxylation sites is 1. The van der Waals surface area contributed by atoms with E-state index in [9.17, 15) is 5.11 Å². The highest BCUT2D eigenvalue weighted by Crippen LogP contribution is 2.30. The van der Waals surface area contributed by atoms with E-state index in [2.05, 4.69) is 0 Å². The topological polar surface area (TPSA) is 33.4 Å². The summed E-state index contributed by atoms with van der Waals surface area (Å²) in [7, 11) is 0. The van der Waals surface area contributed by atoms with E-state index >= 15 is 0 Å². The van der Waals surface area contributed by atoms with Gasteiger partial charge in [-0.05, 0) is 23.8 Å². The van der Waals surface area contributed by atoms with Crippen LogP contribution in [0.2, 0.25) is 0 Å². The van der Waals surface area contributed by atoms with E-state index in [4.69, 9.17) is 4.42 Å². The maximum absolute atomic E-state index is 9.24. The van der Waals surface area contributed by atoms with Crippen LogP contribution in [0.1, 0.15) is 0 Å². The largest absolute Gasteiger partial charge is 0.508 e. The summed E-state index contributed by atoms with van der Waals surface area (Å²) in [4.78, 5) is 0. The molecule has 0 aliphatic heterocycles. The van der Waals surface area contributed by atoms with Crippen molar-refractivity contribution in [2.24, 2.45) is 0 Å². The summed E-state index contributed by atoms with van der Waals surface area (Å²) < 4.78 is 5.47. The summed E-state index contributed by atoms with van der Waals surface area (Å²) in [6, 6.07) is 15.0. The number of benzene rings is 2. The molecule has 16 heavy (non-hydrogen) atoms. The lowest BCUT2D eigenvalue weighted by molar-refractivity contribution is 0.475. The monoisotopic (exact) mass is 210 g/mol. The number of hydrogen-bond donors (Lipinski definition) is 1. The van der Waals surface area contributed by atoms with E-state index in [1.807, 2.05) is 36.4 Å². The Bertz CT molecular complexity index is 621. The molecule has 2 aromatic carbocycles. The molecule has 3 rings (SSSR count). The minimum absolute atomic E-state index is 0.275. The van der Waals surface area contributed by atoms with Crippen LogP contribution >= 0.6 is 0 Å². The molecule has 1 aromatic heterocycles. The second kappa shape index (κ2) is 3.42. The summed E-state index contributed by atoms with van der Waals surface area (Å²) in [5.74, 6) is 0.275. The molecule has 78 valence electrons. The fourth-order valence-electron chi connectivity index (χ4n) is 1.84. The molecule has 0 fully saturated rings. The van der Waals surface area contributed by atoms with Crippen LogP contribution in [-0.4, -0.2) is 5.11 Å². The Hall–Kier alpha value is -2.22. The van der Waals surface area contributed by atoms with Crippen LogP contribution in [-0.2, 0) is 0 Å². The normalized spacial score (nSPS) is 10.8. The van der Waals surface area contributed by atoms with Gasteiger partial charge in [0.25, 0.3) is 0 Å². The van der Waals surface area contributed by atoms with Crippen molar-refractivity contribution in [2.75, 3.05) is 0 Å². The standard InChI is InChI=1S/C14H10O2/c15-11-7-5-10(6-8-11)13-9-16-14-4-2-1-3-12(13)14/h1-9,15H. The highest BCUT2D eigenvalue weighted by atomic mass is 16.3. The highest BCUT2D eigenvalue weighted by molar-refractivity contribution is 5.93. The lowest BCUT2D eigenvalue weighted by Gasteiger charge is -1.98. The van der Waals surface area contributed by atoms with Crippen molar-refractivity contribution in [3.8, 4) is 16.9 Å². The van der Waals surface area contributed by atoms with Crippen molar-refractivity contribution >= 4 is 11.0 Å². The van der Waals surface area contributed by atoms with Gasteiger partial charge in [0.2, 0.25) is 0 Å². The third kappa shape index (κ3) is 1.36. The van der Waals surface area contributed by atoms with Gasteiger partial charge in [0.1, 0.15) is 11.3 Å². The maximum Gasteiger partial charge on any atom is 0.134 e. The molecule has 0 spiro atoms. The van der Waals surface area contributed by atoms with Crippen molar-refractivity contribution in [3.63, 3.8) is 0 Å². The third-order valence-corrected chi connectivity index (χ3v) is 2.66. The number of fused-ring (bicyclic) bond motifs is 1. The van der Waals surface area contributed by atoms with Crippen molar-refractivity contribution in [3.05, 3.63) is 54.8 Å². The van der Waals surface area contributed by atoms with E-state index in [-0.39, 0.29) is 5.75 Å². The minimum atomic E-state index is 0.275. The summed E-state index contributed by atoms with van der Waals surface area (Å²) >= 11 is 0. The summed E-state index contributed by atoms with van der Waals surface area (Å²) in [5.41, 5.74) is 2.98. The van der Waals surface area contributed by atoms with Gasteiger partial charge in [-0.1, -0.05) is 30.3 Å². The second-order valence-corrected chi connectivity index (χ2v) is 3.69. The Balaban J connectivity index is 2.22. The molecule has 0 amide bonds. The Kier molecular flexibility index (Phi) is 1.93. The van der Waals surface area contributed by atoms with Crippen LogP contribution in [0.3, 0.4) is 0 Å². The Morgan fingerprint density at radius 3 is 2.44 bits per heavy atom. The fraction of sp³-hybridized carbons (Fsp3) is 0. The second-order valence-electron chi connectivity index (χ2n) is 3.69. The minimum Gasteiger partial charge on any atom is -0.508 e. The summed E-state index contributed by atoms with van der Waals surface area (Å²) in [6.07, 6.45) is 1.75. The Morgan fingerprint density at radius 2 is 1.62 bits per heavy atom. The molecule has 2 nitrogen and oxygen atoms in total. The average molecular weight is 210 g/mol. The number of hydrogen-bond acceptors (Lipinski definition) is 2. The van der Waals surface area contributed by atoms with Crippen LogP contribution in [0, 0.1) is 0 Å². The molecule has 0 aliphatic carbocycles. The number of phenols is 1. The van der Waals surface area contributed by atoms with E-state index < -0.39 is 0 Å². The first kappa shape index (κ1) is 9.04. The first-order valence-electron chi connectivity index (χ1n) is 5.10. The molecule has 0 saturated heterocycles.